The Hall–Kier alpha value is -2.63. The van der Waals surface area contributed by atoms with Gasteiger partial charge < -0.3 is 9.80 Å². The molecule has 2 saturated heterocycles. The predicted octanol–water partition coefficient (Wildman–Crippen LogP) is 2.69. The lowest BCUT2D eigenvalue weighted by molar-refractivity contribution is -0.133. The summed E-state index contributed by atoms with van der Waals surface area (Å²) in [6, 6.07) is 8.46. The molecule has 2 fully saturated rings. The molecule has 2 amide bonds. The number of benzene rings is 1. The van der Waals surface area contributed by atoms with E-state index in [1.165, 1.54) is 5.56 Å². The molecule has 6 nitrogen and oxygen atoms in total. The normalized spacial score (nSPS) is 22.3. The highest BCUT2D eigenvalue weighted by Gasteiger charge is 2.42. The third-order valence-corrected chi connectivity index (χ3v) is 6.10. The average Bonchev–Trinajstić information content (AvgIpc) is 3.19. The highest BCUT2D eigenvalue weighted by molar-refractivity contribution is 5.95. The van der Waals surface area contributed by atoms with Crippen LogP contribution >= 0.6 is 0 Å². The van der Waals surface area contributed by atoms with Gasteiger partial charge in [-0.3, -0.25) is 14.3 Å². The molecule has 3 heterocycles. The van der Waals surface area contributed by atoms with Crippen molar-refractivity contribution in [2.75, 3.05) is 13.1 Å². The van der Waals surface area contributed by atoms with Gasteiger partial charge >= 0.3 is 0 Å². The van der Waals surface area contributed by atoms with Gasteiger partial charge in [-0.15, -0.1) is 0 Å². The summed E-state index contributed by atoms with van der Waals surface area (Å²) in [5.74, 6) is 0.583. The molecular formula is C22H28N4O2. The Morgan fingerprint density at radius 3 is 2.61 bits per heavy atom. The van der Waals surface area contributed by atoms with E-state index in [0.29, 0.717) is 31.0 Å². The van der Waals surface area contributed by atoms with E-state index in [-0.39, 0.29) is 17.9 Å². The summed E-state index contributed by atoms with van der Waals surface area (Å²) in [6.07, 6.45) is 4.30. The summed E-state index contributed by atoms with van der Waals surface area (Å²) in [6.45, 7) is 5.88. The van der Waals surface area contributed by atoms with Gasteiger partial charge in [-0.05, 0) is 38.2 Å². The van der Waals surface area contributed by atoms with Gasteiger partial charge in [-0.2, -0.15) is 5.10 Å². The number of amides is 2. The molecule has 2 aliphatic heterocycles. The van der Waals surface area contributed by atoms with Crippen LogP contribution in [0.1, 0.15) is 46.4 Å². The molecule has 0 saturated carbocycles. The van der Waals surface area contributed by atoms with Gasteiger partial charge in [0.15, 0.2) is 0 Å². The fourth-order valence-corrected chi connectivity index (χ4v) is 4.58. The molecule has 6 heteroatoms. The van der Waals surface area contributed by atoms with E-state index < -0.39 is 0 Å². The molecule has 0 spiro atoms. The van der Waals surface area contributed by atoms with E-state index in [1.54, 1.807) is 10.9 Å². The number of hydrogen-bond donors (Lipinski definition) is 0. The second-order valence-corrected chi connectivity index (χ2v) is 8.24. The zero-order chi connectivity index (χ0) is 19.8. The Morgan fingerprint density at radius 2 is 1.93 bits per heavy atom. The molecule has 0 bridgehead atoms. The molecule has 1 aromatic heterocycles. The largest absolute Gasteiger partial charge is 0.336 e. The van der Waals surface area contributed by atoms with Gasteiger partial charge in [0.1, 0.15) is 0 Å². The summed E-state index contributed by atoms with van der Waals surface area (Å²) >= 11 is 0. The van der Waals surface area contributed by atoms with E-state index in [9.17, 15) is 9.59 Å². The van der Waals surface area contributed by atoms with Crippen LogP contribution in [0.5, 0.6) is 0 Å². The Kier molecular flexibility index (Phi) is 4.96. The van der Waals surface area contributed by atoms with Crippen molar-refractivity contribution in [2.45, 2.75) is 45.7 Å². The number of nitrogens with zero attached hydrogens (tertiary/aromatic N) is 4. The number of aryl methyl sites for hydroxylation is 3. The van der Waals surface area contributed by atoms with Crippen molar-refractivity contribution in [3.8, 4) is 0 Å². The first-order valence-electron chi connectivity index (χ1n) is 10.1. The molecule has 148 valence electrons. The maximum Gasteiger partial charge on any atom is 0.257 e. The predicted molar refractivity (Wildman–Crippen MR) is 107 cm³/mol. The second kappa shape index (κ2) is 7.41. The quantitative estimate of drug-likeness (QED) is 0.823. The number of fused-ring (bicyclic) bond motifs is 1. The molecule has 1 aromatic carbocycles. The molecule has 2 aromatic rings. The van der Waals surface area contributed by atoms with Crippen LogP contribution in [0.25, 0.3) is 0 Å². The van der Waals surface area contributed by atoms with Crippen LogP contribution in [0.4, 0.5) is 0 Å². The third kappa shape index (κ3) is 3.55. The number of hydrogen-bond acceptors (Lipinski definition) is 3. The number of carbonyl (C=O) groups is 2. The lowest BCUT2D eigenvalue weighted by Crippen LogP contribution is -2.43. The van der Waals surface area contributed by atoms with E-state index >= 15 is 0 Å². The van der Waals surface area contributed by atoms with Crippen molar-refractivity contribution in [3.63, 3.8) is 0 Å². The SMILES string of the molecule is Cc1ccc(CN2C(=O)CCC[C@@H]3CN(C(=O)c4cn(C)nc4C)C[C@@H]32)cc1. The highest BCUT2D eigenvalue weighted by atomic mass is 16.2. The zero-order valence-corrected chi connectivity index (χ0v) is 16.9. The van der Waals surface area contributed by atoms with Gasteiger partial charge in [-0.1, -0.05) is 29.8 Å². The van der Waals surface area contributed by atoms with E-state index in [4.69, 9.17) is 0 Å². The molecule has 0 radical (unpaired) electrons. The van der Waals surface area contributed by atoms with Crippen molar-refractivity contribution in [1.82, 2.24) is 19.6 Å². The molecular weight excluding hydrogens is 352 g/mol. The van der Waals surface area contributed by atoms with Crippen LogP contribution in [0.3, 0.4) is 0 Å². The standard InChI is InChI=1S/C22H28N4O2/c1-15-7-9-17(10-8-15)11-26-20-14-25(12-18(20)5-4-6-21(26)27)22(28)19-13-24(3)23-16(19)2/h7-10,13,18,20H,4-6,11-12,14H2,1-3H3/t18-,20+/m1/s1. The first-order valence-corrected chi connectivity index (χ1v) is 10.1. The van der Waals surface area contributed by atoms with E-state index in [2.05, 4.69) is 36.3 Å². The van der Waals surface area contributed by atoms with Crippen LogP contribution in [0.15, 0.2) is 30.5 Å². The van der Waals surface area contributed by atoms with Crippen LogP contribution in [-0.4, -0.2) is 50.5 Å². The van der Waals surface area contributed by atoms with Gasteiger partial charge in [0.25, 0.3) is 5.91 Å². The maximum atomic E-state index is 13.1. The Morgan fingerprint density at radius 1 is 1.18 bits per heavy atom. The summed E-state index contributed by atoms with van der Waals surface area (Å²) in [5.41, 5.74) is 3.78. The number of aromatic nitrogens is 2. The highest BCUT2D eigenvalue weighted by Crippen LogP contribution is 2.32. The van der Waals surface area contributed by atoms with Crippen molar-refractivity contribution in [1.29, 1.82) is 0 Å². The van der Waals surface area contributed by atoms with Crippen LogP contribution < -0.4 is 0 Å². The lowest BCUT2D eigenvalue weighted by Gasteiger charge is -2.30. The molecule has 28 heavy (non-hydrogen) atoms. The van der Waals surface area contributed by atoms with Gasteiger partial charge in [0.2, 0.25) is 5.91 Å². The van der Waals surface area contributed by atoms with Gasteiger partial charge in [0.05, 0.1) is 17.3 Å². The zero-order valence-electron chi connectivity index (χ0n) is 16.9. The number of likely N-dealkylation sites (tertiary alicyclic amines) is 2. The Labute approximate surface area is 166 Å². The topological polar surface area (TPSA) is 58.4 Å². The van der Waals surface area contributed by atoms with Crippen LogP contribution in [-0.2, 0) is 18.4 Å². The monoisotopic (exact) mass is 380 g/mol. The summed E-state index contributed by atoms with van der Waals surface area (Å²) in [5, 5.41) is 4.30. The fourth-order valence-electron chi connectivity index (χ4n) is 4.58. The van der Waals surface area contributed by atoms with Crippen molar-refractivity contribution >= 4 is 11.8 Å². The number of carbonyl (C=O) groups excluding carboxylic acids is 2. The summed E-state index contributed by atoms with van der Waals surface area (Å²) in [7, 11) is 1.83. The van der Waals surface area contributed by atoms with E-state index in [0.717, 1.165) is 30.6 Å². The minimum Gasteiger partial charge on any atom is -0.336 e. The van der Waals surface area contributed by atoms with Crippen LogP contribution in [0.2, 0.25) is 0 Å². The van der Waals surface area contributed by atoms with Gasteiger partial charge in [-0.25, -0.2) is 0 Å². The summed E-state index contributed by atoms with van der Waals surface area (Å²) in [4.78, 5) is 29.8. The smallest absolute Gasteiger partial charge is 0.257 e. The minimum absolute atomic E-state index is 0.0291. The summed E-state index contributed by atoms with van der Waals surface area (Å²) < 4.78 is 1.68. The van der Waals surface area contributed by atoms with Crippen LogP contribution in [0, 0.1) is 19.8 Å². The van der Waals surface area contributed by atoms with Gasteiger partial charge in [0, 0.05) is 39.3 Å². The Bertz CT molecular complexity index is 886. The van der Waals surface area contributed by atoms with E-state index in [1.807, 2.05) is 23.8 Å². The molecule has 0 aliphatic carbocycles. The first-order chi connectivity index (χ1) is 13.4. The number of rotatable bonds is 3. The maximum absolute atomic E-state index is 13.1. The molecule has 4 rings (SSSR count). The molecule has 2 atom stereocenters. The molecule has 2 aliphatic rings. The minimum atomic E-state index is 0.0291. The molecule has 0 unspecified atom stereocenters. The average molecular weight is 380 g/mol. The lowest BCUT2D eigenvalue weighted by atomic mass is 9.98. The first kappa shape index (κ1) is 18.7. The third-order valence-electron chi connectivity index (χ3n) is 6.10. The van der Waals surface area contributed by atoms with Crippen molar-refractivity contribution < 1.29 is 9.59 Å². The Balaban J connectivity index is 1.55. The fraction of sp³-hybridized carbons (Fsp3) is 0.500. The van der Waals surface area contributed by atoms with Crippen molar-refractivity contribution in [3.05, 3.63) is 52.8 Å². The molecule has 0 N–H and O–H groups in total. The second-order valence-electron chi connectivity index (χ2n) is 8.24. The van der Waals surface area contributed by atoms with Crippen molar-refractivity contribution in [2.24, 2.45) is 13.0 Å².